The van der Waals surface area contributed by atoms with Crippen LogP contribution in [0.5, 0.6) is 0 Å². The number of carbonyl (C=O) groups is 1. The monoisotopic (exact) mass is 288 g/mol. The summed E-state index contributed by atoms with van der Waals surface area (Å²) in [5.74, 6) is -0.356. The lowest BCUT2D eigenvalue weighted by Crippen LogP contribution is -2.16. The molecule has 0 radical (unpaired) electrons. The highest BCUT2D eigenvalue weighted by molar-refractivity contribution is 6.03. The quantitative estimate of drug-likeness (QED) is 0.887. The maximum atomic E-state index is 13.7. The van der Waals surface area contributed by atoms with Crippen LogP contribution in [-0.4, -0.2) is 22.4 Å². The Morgan fingerprint density at radius 2 is 2.10 bits per heavy atom. The number of para-hydroxylation sites is 1. The first-order chi connectivity index (χ1) is 10.1. The Morgan fingerprint density at radius 1 is 1.29 bits per heavy atom. The lowest BCUT2D eigenvalue weighted by atomic mass is 10.2. The van der Waals surface area contributed by atoms with Crippen LogP contribution in [0.3, 0.4) is 0 Å². The molecule has 0 aliphatic heterocycles. The fraction of sp³-hybridized carbons (Fsp3) is 0.267. The number of anilines is 2. The minimum absolute atomic E-state index is 0.139. The van der Waals surface area contributed by atoms with E-state index in [9.17, 15) is 9.18 Å². The van der Waals surface area contributed by atoms with Crippen molar-refractivity contribution in [1.29, 1.82) is 0 Å². The molecule has 0 saturated carbocycles. The van der Waals surface area contributed by atoms with Crippen molar-refractivity contribution in [1.82, 2.24) is 9.97 Å². The van der Waals surface area contributed by atoms with Crippen LogP contribution in [0, 0.1) is 12.7 Å². The first kappa shape index (κ1) is 14.9. The highest BCUT2D eigenvalue weighted by Crippen LogP contribution is 2.19. The van der Waals surface area contributed by atoms with Crippen LogP contribution in [0.1, 0.15) is 29.4 Å². The average Bonchev–Trinajstić information content (AvgIpc) is 2.49. The topological polar surface area (TPSA) is 66.9 Å². The van der Waals surface area contributed by atoms with E-state index in [-0.39, 0.29) is 11.4 Å². The molecule has 0 saturated heterocycles. The normalized spacial score (nSPS) is 10.2. The molecule has 2 N–H and O–H groups in total. The van der Waals surface area contributed by atoms with Crippen molar-refractivity contribution in [3.05, 3.63) is 47.7 Å². The first-order valence-corrected chi connectivity index (χ1v) is 6.74. The highest BCUT2D eigenvalue weighted by Gasteiger charge is 2.12. The summed E-state index contributed by atoms with van der Waals surface area (Å²) in [5, 5.41) is 5.58. The number of aromatic nitrogens is 2. The molecule has 0 bridgehead atoms. The number of hydrogen-bond acceptors (Lipinski definition) is 4. The van der Waals surface area contributed by atoms with Crippen LogP contribution in [0.2, 0.25) is 0 Å². The van der Waals surface area contributed by atoms with Gasteiger partial charge in [0, 0.05) is 6.54 Å². The SMILES string of the molecule is CCCNc1cnc(C(=O)Nc2c(C)cccc2F)cn1. The summed E-state index contributed by atoms with van der Waals surface area (Å²) in [6.45, 7) is 4.55. The van der Waals surface area contributed by atoms with Gasteiger partial charge in [0.2, 0.25) is 0 Å². The second kappa shape index (κ2) is 6.78. The van der Waals surface area contributed by atoms with Crippen molar-refractivity contribution in [2.45, 2.75) is 20.3 Å². The van der Waals surface area contributed by atoms with Crippen molar-refractivity contribution >= 4 is 17.4 Å². The number of nitrogens with zero attached hydrogens (tertiary/aromatic N) is 2. The molecule has 110 valence electrons. The molecule has 1 aromatic heterocycles. The first-order valence-electron chi connectivity index (χ1n) is 6.74. The van der Waals surface area contributed by atoms with E-state index in [1.54, 1.807) is 19.1 Å². The average molecular weight is 288 g/mol. The Balaban J connectivity index is 2.10. The Kier molecular flexibility index (Phi) is 4.81. The third-order valence-electron chi connectivity index (χ3n) is 2.90. The second-order valence-electron chi connectivity index (χ2n) is 4.60. The lowest BCUT2D eigenvalue weighted by Gasteiger charge is -2.09. The summed E-state index contributed by atoms with van der Waals surface area (Å²) in [7, 11) is 0. The molecule has 2 aromatic rings. The number of carbonyl (C=O) groups excluding carboxylic acids is 1. The molecule has 0 fully saturated rings. The summed E-state index contributed by atoms with van der Waals surface area (Å²) in [6, 6.07) is 4.61. The summed E-state index contributed by atoms with van der Waals surface area (Å²) >= 11 is 0. The molecular formula is C15H17FN4O. The Morgan fingerprint density at radius 3 is 2.71 bits per heavy atom. The molecule has 0 aliphatic rings. The van der Waals surface area contributed by atoms with Gasteiger partial charge in [0.15, 0.2) is 0 Å². The van der Waals surface area contributed by atoms with E-state index in [0.717, 1.165) is 13.0 Å². The van der Waals surface area contributed by atoms with Gasteiger partial charge in [-0.25, -0.2) is 14.4 Å². The van der Waals surface area contributed by atoms with Gasteiger partial charge >= 0.3 is 0 Å². The van der Waals surface area contributed by atoms with Crippen molar-refractivity contribution in [3.8, 4) is 0 Å². The second-order valence-corrected chi connectivity index (χ2v) is 4.60. The molecule has 0 aliphatic carbocycles. The molecule has 1 aromatic carbocycles. The van der Waals surface area contributed by atoms with E-state index in [1.807, 2.05) is 6.92 Å². The van der Waals surface area contributed by atoms with Gasteiger partial charge in [-0.15, -0.1) is 0 Å². The Labute approximate surface area is 122 Å². The standard InChI is InChI=1S/C15H17FN4O/c1-3-7-17-13-9-18-12(8-19-13)15(21)20-14-10(2)5-4-6-11(14)16/h4-6,8-9H,3,7H2,1-2H3,(H,17,19)(H,20,21). The van der Waals surface area contributed by atoms with Gasteiger partial charge in [0.25, 0.3) is 5.91 Å². The summed E-state index contributed by atoms with van der Waals surface area (Å²) in [4.78, 5) is 20.2. The Bertz CT molecular complexity index is 608. The maximum absolute atomic E-state index is 13.7. The molecule has 2 rings (SSSR count). The van der Waals surface area contributed by atoms with Gasteiger partial charge in [-0.3, -0.25) is 4.79 Å². The van der Waals surface area contributed by atoms with Gasteiger partial charge in [0.1, 0.15) is 17.3 Å². The number of halogens is 1. The van der Waals surface area contributed by atoms with E-state index >= 15 is 0 Å². The fourth-order valence-corrected chi connectivity index (χ4v) is 1.76. The number of aryl methyl sites for hydroxylation is 1. The number of hydrogen-bond donors (Lipinski definition) is 2. The minimum atomic E-state index is -0.488. The van der Waals surface area contributed by atoms with Crippen LogP contribution in [-0.2, 0) is 0 Å². The number of nitrogens with one attached hydrogen (secondary N) is 2. The van der Waals surface area contributed by atoms with Crippen LogP contribution in [0.15, 0.2) is 30.6 Å². The van der Waals surface area contributed by atoms with E-state index in [0.29, 0.717) is 11.4 Å². The zero-order valence-electron chi connectivity index (χ0n) is 12.0. The zero-order chi connectivity index (χ0) is 15.2. The van der Waals surface area contributed by atoms with Crippen LogP contribution in [0.4, 0.5) is 15.9 Å². The van der Waals surface area contributed by atoms with E-state index in [1.165, 1.54) is 18.5 Å². The van der Waals surface area contributed by atoms with E-state index in [4.69, 9.17) is 0 Å². The highest BCUT2D eigenvalue weighted by atomic mass is 19.1. The smallest absolute Gasteiger partial charge is 0.275 e. The lowest BCUT2D eigenvalue weighted by molar-refractivity contribution is 0.102. The Hall–Kier alpha value is -2.50. The molecule has 5 nitrogen and oxygen atoms in total. The fourth-order valence-electron chi connectivity index (χ4n) is 1.76. The molecule has 6 heteroatoms. The van der Waals surface area contributed by atoms with Gasteiger partial charge in [-0.2, -0.15) is 0 Å². The van der Waals surface area contributed by atoms with Gasteiger partial charge in [-0.1, -0.05) is 19.1 Å². The molecule has 1 heterocycles. The van der Waals surface area contributed by atoms with Crippen LogP contribution < -0.4 is 10.6 Å². The van der Waals surface area contributed by atoms with E-state index in [2.05, 4.69) is 20.6 Å². The molecule has 0 unspecified atom stereocenters. The van der Waals surface area contributed by atoms with Gasteiger partial charge in [-0.05, 0) is 25.0 Å². The maximum Gasteiger partial charge on any atom is 0.275 e. The minimum Gasteiger partial charge on any atom is -0.369 e. The predicted octanol–water partition coefficient (Wildman–Crippen LogP) is 3.00. The third-order valence-corrected chi connectivity index (χ3v) is 2.90. The van der Waals surface area contributed by atoms with Crippen molar-refractivity contribution in [3.63, 3.8) is 0 Å². The third kappa shape index (κ3) is 3.75. The van der Waals surface area contributed by atoms with Crippen LogP contribution in [0.25, 0.3) is 0 Å². The van der Waals surface area contributed by atoms with Gasteiger partial charge in [0.05, 0.1) is 18.1 Å². The predicted molar refractivity (Wildman–Crippen MR) is 79.9 cm³/mol. The number of rotatable bonds is 5. The summed E-state index contributed by atoms with van der Waals surface area (Å²) in [5.41, 5.74) is 0.953. The van der Waals surface area contributed by atoms with E-state index < -0.39 is 11.7 Å². The van der Waals surface area contributed by atoms with Crippen LogP contribution >= 0.6 is 0 Å². The molecule has 1 amide bonds. The summed E-state index contributed by atoms with van der Waals surface area (Å²) in [6.07, 6.45) is 3.82. The van der Waals surface area contributed by atoms with Crippen molar-refractivity contribution in [2.75, 3.05) is 17.2 Å². The largest absolute Gasteiger partial charge is 0.369 e. The van der Waals surface area contributed by atoms with Crippen molar-refractivity contribution in [2.24, 2.45) is 0 Å². The molecule has 0 spiro atoms. The number of amides is 1. The molecule has 0 atom stereocenters. The number of benzene rings is 1. The summed E-state index contributed by atoms with van der Waals surface area (Å²) < 4.78 is 13.7. The molecule has 21 heavy (non-hydrogen) atoms. The van der Waals surface area contributed by atoms with Crippen molar-refractivity contribution < 1.29 is 9.18 Å². The zero-order valence-corrected chi connectivity index (χ0v) is 12.0. The van der Waals surface area contributed by atoms with Gasteiger partial charge < -0.3 is 10.6 Å². The molecular weight excluding hydrogens is 271 g/mol.